The Balaban J connectivity index is 1.68. The number of anilines is 1. The van der Waals surface area contributed by atoms with E-state index in [1.807, 2.05) is 6.07 Å². The van der Waals surface area contributed by atoms with Gasteiger partial charge in [-0.3, -0.25) is 9.48 Å². The van der Waals surface area contributed by atoms with E-state index in [9.17, 15) is 26.7 Å². The molecule has 0 amide bonds. The molecule has 5 aromatic rings. The summed E-state index contributed by atoms with van der Waals surface area (Å²) < 4.78 is 70.9. The number of hydrogen-bond donors (Lipinski definition) is 1. The van der Waals surface area contributed by atoms with Crippen LogP contribution in [0, 0.1) is 11.3 Å². The van der Waals surface area contributed by atoms with Gasteiger partial charge in [-0.15, -0.1) is 0 Å². The van der Waals surface area contributed by atoms with Gasteiger partial charge in [-0.1, -0.05) is 18.2 Å². The first-order valence-corrected chi connectivity index (χ1v) is 11.4. The molecule has 198 valence electrons. The van der Waals surface area contributed by atoms with Crippen molar-refractivity contribution in [1.82, 2.24) is 19.2 Å². The fraction of sp³-hybridized carbons (Fsp3) is 0.154. The lowest BCUT2D eigenvalue weighted by molar-refractivity contribution is -0.115. The number of fused-ring (bicyclic) bond motifs is 2. The van der Waals surface area contributed by atoms with E-state index in [0.717, 1.165) is 0 Å². The quantitative estimate of drug-likeness (QED) is 0.275. The number of alkyl halides is 5. The molecular formula is C26H17F5N6O2. The van der Waals surface area contributed by atoms with Crippen molar-refractivity contribution in [3.63, 3.8) is 0 Å². The fourth-order valence-corrected chi connectivity index (χ4v) is 4.11. The van der Waals surface area contributed by atoms with Crippen LogP contribution in [0.1, 0.15) is 0 Å². The van der Waals surface area contributed by atoms with Gasteiger partial charge in [0.05, 0.1) is 17.1 Å². The molecule has 0 bridgehead atoms. The van der Waals surface area contributed by atoms with E-state index < -0.39 is 24.8 Å². The Bertz CT molecular complexity index is 1770. The Hall–Kier alpha value is -4.99. The highest BCUT2D eigenvalue weighted by Gasteiger charge is 2.27. The van der Waals surface area contributed by atoms with Crippen LogP contribution in [0.4, 0.5) is 27.8 Å². The van der Waals surface area contributed by atoms with Crippen molar-refractivity contribution in [3.8, 4) is 34.1 Å². The number of nitriles is 1. The number of aromatic nitrogens is 4. The second-order valence-electron chi connectivity index (χ2n) is 8.42. The lowest BCUT2D eigenvalue weighted by atomic mass is 9.99. The molecule has 39 heavy (non-hydrogen) atoms. The first-order valence-electron chi connectivity index (χ1n) is 11.4. The van der Waals surface area contributed by atoms with Crippen molar-refractivity contribution in [1.29, 1.82) is 5.26 Å². The summed E-state index contributed by atoms with van der Waals surface area (Å²) >= 11 is 0. The largest absolute Gasteiger partial charge is 0.435 e. The average Bonchev–Trinajstić information content (AvgIpc) is 3.29. The Kier molecular flexibility index (Phi) is 6.61. The Morgan fingerprint density at radius 3 is 2.49 bits per heavy atom. The number of rotatable bonds is 7. The number of nitrogens with zero attached hydrogens (tertiary/aromatic N) is 5. The highest BCUT2D eigenvalue weighted by molar-refractivity contribution is 5.87. The first kappa shape index (κ1) is 25.7. The Labute approximate surface area is 216 Å². The summed E-state index contributed by atoms with van der Waals surface area (Å²) in [5.74, 6) is -0.237. The van der Waals surface area contributed by atoms with Crippen LogP contribution in [0.25, 0.3) is 38.8 Å². The number of hydrogen-bond acceptors (Lipinski definition) is 6. The highest BCUT2D eigenvalue weighted by Crippen LogP contribution is 2.29. The minimum Gasteiger partial charge on any atom is -0.435 e. The van der Waals surface area contributed by atoms with Gasteiger partial charge in [0, 0.05) is 29.5 Å². The molecule has 0 saturated carbocycles. The lowest BCUT2D eigenvalue weighted by Gasteiger charge is -2.14. The van der Waals surface area contributed by atoms with Gasteiger partial charge in [-0.2, -0.15) is 32.3 Å². The normalized spacial score (nSPS) is 11.7. The predicted octanol–water partition coefficient (Wildman–Crippen LogP) is 5.48. The average molecular weight is 540 g/mol. The fourth-order valence-electron chi connectivity index (χ4n) is 4.11. The van der Waals surface area contributed by atoms with Crippen molar-refractivity contribution >= 4 is 22.4 Å². The standard InChI is InChI=1S/C26H17F5N6O2/c27-25(28)39-18-4-1-15(2-5-18)22-23(38)19(16-3-6-20-17(11-16)12-37(35-20)10-8-32)13-36-9-7-21(34-24(22)36)33-14-26(29,30)31/h1-7,9,11-13,25H,10,14H2,(H,33,34). The van der Waals surface area contributed by atoms with Gasteiger partial charge in [-0.25, -0.2) is 4.98 Å². The van der Waals surface area contributed by atoms with Crippen LogP contribution in [0.2, 0.25) is 0 Å². The second kappa shape index (κ2) is 10.1. The summed E-state index contributed by atoms with van der Waals surface area (Å²) in [5.41, 5.74) is 1.31. The van der Waals surface area contributed by atoms with Gasteiger partial charge < -0.3 is 14.5 Å². The third-order valence-electron chi connectivity index (χ3n) is 5.76. The number of halogens is 5. The van der Waals surface area contributed by atoms with Gasteiger partial charge in [0.1, 0.15) is 24.7 Å². The summed E-state index contributed by atoms with van der Waals surface area (Å²) in [6.45, 7) is -4.32. The smallest absolute Gasteiger partial charge is 0.405 e. The monoisotopic (exact) mass is 540 g/mol. The van der Waals surface area contributed by atoms with Crippen LogP contribution >= 0.6 is 0 Å². The molecule has 0 aliphatic heterocycles. The molecule has 0 fully saturated rings. The van der Waals surface area contributed by atoms with Crippen LogP contribution < -0.4 is 15.5 Å². The summed E-state index contributed by atoms with van der Waals surface area (Å²) in [7, 11) is 0. The van der Waals surface area contributed by atoms with E-state index in [-0.39, 0.29) is 34.9 Å². The molecule has 8 nitrogen and oxygen atoms in total. The molecular weight excluding hydrogens is 523 g/mol. The maximum Gasteiger partial charge on any atom is 0.405 e. The highest BCUT2D eigenvalue weighted by atomic mass is 19.4. The van der Waals surface area contributed by atoms with E-state index in [4.69, 9.17) is 5.26 Å². The van der Waals surface area contributed by atoms with Crippen LogP contribution in [0.3, 0.4) is 0 Å². The molecule has 3 heterocycles. The molecule has 5 rings (SSSR count). The maximum absolute atomic E-state index is 13.8. The zero-order valence-electron chi connectivity index (χ0n) is 19.8. The van der Waals surface area contributed by atoms with Crippen molar-refractivity contribution in [2.75, 3.05) is 11.9 Å². The maximum atomic E-state index is 13.8. The van der Waals surface area contributed by atoms with E-state index in [0.29, 0.717) is 22.0 Å². The molecule has 0 unspecified atom stereocenters. The number of benzene rings is 2. The predicted molar refractivity (Wildman–Crippen MR) is 132 cm³/mol. The summed E-state index contributed by atoms with van der Waals surface area (Å²) in [4.78, 5) is 18.1. The summed E-state index contributed by atoms with van der Waals surface area (Å²) in [5, 5.41) is 16.1. The van der Waals surface area contributed by atoms with Gasteiger partial charge in [0.2, 0.25) is 0 Å². The molecule has 3 aromatic heterocycles. The molecule has 0 radical (unpaired) electrons. The molecule has 0 aliphatic rings. The first-order chi connectivity index (χ1) is 18.6. The summed E-state index contributed by atoms with van der Waals surface area (Å²) in [6.07, 6.45) is 0.159. The van der Waals surface area contributed by atoms with Crippen LogP contribution in [0.5, 0.6) is 5.75 Å². The van der Waals surface area contributed by atoms with Crippen molar-refractivity contribution < 1.29 is 26.7 Å². The minimum atomic E-state index is -4.49. The number of pyridine rings is 1. The topological polar surface area (TPSA) is 97.2 Å². The van der Waals surface area contributed by atoms with Crippen LogP contribution in [-0.4, -0.2) is 38.5 Å². The third kappa shape index (κ3) is 5.49. The van der Waals surface area contributed by atoms with E-state index in [1.54, 1.807) is 24.4 Å². The molecule has 0 spiro atoms. The molecule has 0 aliphatic carbocycles. The molecule has 1 N–H and O–H groups in total. The molecule has 13 heteroatoms. The Morgan fingerprint density at radius 2 is 1.79 bits per heavy atom. The van der Waals surface area contributed by atoms with E-state index in [1.165, 1.54) is 51.8 Å². The van der Waals surface area contributed by atoms with Crippen molar-refractivity contribution in [3.05, 3.63) is 77.3 Å². The molecule has 0 atom stereocenters. The Morgan fingerprint density at radius 1 is 1.05 bits per heavy atom. The van der Waals surface area contributed by atoms with Crippen molar-refractivity contribution in [2.24, 2.45) is 0 Å². The van der Waals surface area contributed by atoms with Crippen LogP contribution in [0.15, 0.2) is 71.9 Å². The van der Waals surface area contributed by atoms with Gasteiger partial charge >= 0.3 is 12.8 Å². The second-order valence-corrected chi connectivity index (χ2v) is 8.42. The van der Waals surface area contributed by atoms with E-state index in [2.05, 4.69) is 20.1 Å². The minimum absolute atomic E-state index is 0.0482. The zero-order chi connectivity index (χ0) is 27.7. The van der Waals surface area contributed by atoms with Crippen molar-refractivity contribution in [2.45, 2.75) is 19.3 Å². The van der Waals surface area contributed by atoms with Gasteiger partial charge in [0.15, 0.2) is 11.1 Å². The third-order valence-corrected chi connectivity index (χ3v) is 5.76. The lowest BCUT2D eigenvalue weighted by Crippen LogP contribution is -2.22. The zero-order valence-corrected chi connectivity index (χ0v) is 19.8. The SMILES string of the molecule is N#CCn1cc2cc(-c3cn4ccc(NCC(F)(F)F)nc4c(-c4ccc(OC(F)F)cc4)c3=O)ccc2n1. The molecule has 0 saturated heterocycles. The van der Waals surface area contributed by atoms with Gasteiger partial charge in [0.25, 0.3) is 0 Å². The summed E-state index contributed by atoms with van der Waals surface area (Å²) in [6, 6.07) is 13.8. The van der Waals surface area contributed by atoms with Crippen LogP contribution in [-0.2, 0) is 6.54 Å². The number of ether oxygens (including phenoxy) is 1. The molecule has 2 aromatic carbocycles. The van der Waals surface area contributed by atoms with E-state index >= 15 is 0 Å². The van der Waals surface area contributed by atoms with Gasteiger partial charge in [-0.05, 0) is 41.5 Å². The number of nitrogens with one attached hydrogen (secondary N) is 1.